The second kappa shape index (κ2) is 3.62. The Balaban J connectivity index is 1.81. The highest BCUT2D eigenvalue weighted by molar-refractivity contribution is 5.81. The topological polar surface area (TPSA) is 38.3 Å². The van der Waals surface area contributed by atoms with Crippen LogP contribution >= 0.6 is 0 Å². The Morgan fingerprint density at radius 1 is 1.38 bits per heavy atom. The van der Waals surface area contributed by atoms with Gasteiger partial charge in [-0.15, -0.1) is 0 Å². The van der Waals surface area contributed by atoms with Crippen LogP contribution in [0.3, 0.4) is 0 Å². The van der Waals surface area contributed by atoms with Gasteiger partial charge < -0.3 is 10.1 Å². The molecule has 2 atom stereocenters. The number of alkyl halides is 1. The minimum atomic E-state index is -1.31. The van der Waals surface area contributed by atoms with Gasteiger partial charge in [-0.25, -0.2) is 4.39 Å². The molecule has 2 fully saturated rings. The first-order valence-electron chi connectivity index (χ1n) is 4.83. The fourth-order valence-electron chi connectivity index (χ4n) is 1.53. The molecular weight excluding hydrogens is 173 g/mol. The van der Waals surface area contributed by atoms with Gasteiger partial charge in [0.15, 0.2) is 0 Å². The van der Waals surface area contributed by atoms with Crippen molar-refractivity contribution in [3.63, 3.8) is 0 Å². The fraction of sp³-hybridized carbons (Fsp3) is 0.889. The van der Waals surface area contributed by atoms with E-state index >= 15 is 0 Å². The van der Waals surface area contributed by atoms with Crippen molar-refractivity contribution in [1.29, 1.82) is 0 Å². The quantitative estimate of drug-likeness (QED) is 0.700. The van der Waals surface area contributed by atoms with Crippen LogP contribution in [-0.2, 0) is 9.53 Å². The van der Waals surface area contributed by atoms with Gasteiger partial charge in [0.2, 0.25) is 12.3 Å². The average Bonchev–Trinajstić information content (AvgIpc) is 2.91. The summed E-state index contributed by atoms with van der Waals surface area (Å²) in [6.45, 7) is 0.469. The molecule has 0 aromatic carbocycles. The van der Waals surface area contributed by atoms with Gasteiger partial charge >= 0.3 is 0 Å². The van der Waals surface area contributed by atoms with E-state index in [1.807, 2.05) is 0 Å². The molecule has 2 unspecified atom stereocenters. The molecule has 13 heavy (non-hydrogen) atoms. The van der Waals surface area contributed by atoms with E-state index in [2.05, 4.69) is 5.32 Å². The molecule has 0 radical (unpaired) electrons. The summed E-state index contributed by atoms with van der Waals surface area (Å²) in [7, 11) is 0. The van der Waals surface area contributed by atoms with E-state index in [9.17, 15) is 9.18 Å². The molecule has 0 bridgehead atoms. The molecule has 1 N–H and O–H groups in total. The number of nitrogens with one attached hydrogen (secondary N) is 1. The monoisotopic (exact) mass is 187 g/mol. The Labute approximate surface area is 76.6 Å². The molecule has 3 nitrogen and oxygen atoms in total. The van der Waals surface area contributed by atoms with Gasteiger partial charge in [-0.1, -0.05) is 0 Å². The van der Waals surface area contributed by atoms with E-state index in [1.54, 1.807) is 0 Å². The number of halogens is 1. The summed E-state index contributed by atoms with van der Waals surface area (Å²) in [5, 5.41) is 2.69. The lowest BCUT2D eigenvalue weighted by Gasteiger charge is -2.26. The summed E-state index contributed by atoms with van der Waals surface area (Å²) in [6, 6.07) is -0.415. The molecule has 1 aliphatic heterocycles. The molecule has 1 saturated heterocycles. The molecule has 4 heteroatoms. The van der Waals surface area contributed by atoms with E-state index in [1.165, 1.54) is 0 Å². The predicted molar refractivity (Wildman–Crippen MR) is 44.7 cm³/mol. The number of amides is 1. The maximum atomic E-state index is 13.1. The molecule has 0 aromatic heterocycles. The SMILES string of the molecule is O=C(NC1CCCOC1F)C1CC1. The van der Waals surface area contributed by atoms with Gasteiger partial charge in [0, 0.05) is 5.92 Å². The van der Waals surface area contributed by atoms with Crippen LogP contribution in [-0.4, -0.2) is 24.9 Å². The standard InChI is InChI=1S/C9H14FNO2/c10-8-7(2-1-5-13-8)11-9(12)6-3-4-6/h6-8H,1-5H2,(H,11,12). The molecule has 1 amide bonds. The van der Waals surface area contributed by atoms with Gasteiger partial charge in [-0.05, 0) is 25.7 Å². The summed E-state index contributed by atoms with van der Waals surface area (Å²) in [5.74, 6) is 0.146. The van der Waals surface area contributed by atoms with E-state index in [0.717, 1.165) is 19.3 Å². The second-order valence-electron chi connectivity index (χ2n) is 3.75. The van der Waals surface area contributed by atoms with Crippen molar-refractivity contribution in [1.82, 2.24) is 5.32 Å². The Morgan fingerprint density at radius 3 is 2.77 bits per heavy atom. The maximum Gasteiger partial charge on any atom is 0.223 e. The Hall–Kier alpha value is -0.640. The van der Waals surface area contributed by atoms with Gasteiger partial charge in [0.1, 0.15) is 0 Å². The third kappa shape index (κ3) is 2.18. The Kier molecular flexibility index (Phi) is 2.49. The third-order valence-corrected chi connectivity index (χ3v) is 2.53. The molecule has 2 rings (SSSR count). The van der Waals surface area contributed by atoms with Crippen LogP contribution in [0.4, 0.5) is 4.39 Å². The molecule has 0 aromatic rings. The zero-order valence-electron chi connectivity index (χ0n) is 7.46. The molecule has 1 saturated carbocycles. The summed E-state index contributed by atoms with van der Waals surface area (Å²) < 4.78 is 17.9. The first kappa shape index (κ1) is 8.94. The number of hydrogen-bond acceptors (Lipinski definition) is 2. The Bertz CT molecular complexity index is 206. The summed E-state index contributed by atoms with van der Waals surface area (Å²) in [5.41, 5.74) is 0. The largest absolute Gasteiger partial charge is 0.348 e. The molecule has 74 valence electrons. The first-order chi connectivity index (χ1) is 6.27. The van der Waals surface area contributed by atoms with E-state index in [4.69, 9.17) is 4.74 Å². The smallest absolute Gasteiger partial charge is 0.223 e. The molecule has 2 aliphatic rings. The van der Waals surface area contributed by atoms with Crippen molar-refractivity contribution in [2.75, 3.05) is 6.61 Å². The van der Waals surface area contributed by atoms with Crippen molar-refractivity contribution in [3.05, 3.63) is 0 Å². The number of ether oxygens (including phenoxy) is 1. The fourth-order valence-corrected chi connectivity index (χ4v) is 1.53. The number of carbonyl (C=O) groups is 1. The van der Waals surface area contributed by atoms with Crippen molar-refractivity contribution >= 4 is 5.91 Å². The minimum absolute atomic E-state index is 0.00171. The maximum absolute atomic E-state index is 13.1. The Morgan fingerprint density at radius 2 is 2.15 bits per heavy atom. The highest BCUT2D eigenvalue weighted by Gasteiger charge is 2.34. The van der Waals surface area contributed by atoms with Crippen molar-refractivity contribution in [2.45, 2.75) is 38.1 Å². The lowest BCUT2D eigenvalue weighted by Crippen LogP contribution is -2.45. The van der Waals surface area contributed by atoms with Crippen LogP contribution in [0.5, 0.6) is 0 Å². The second-order valence-corrected chi connectivity index (χ2v) is 3.75. The van der Waals surface area contributed by atoms with Crippen LogP contribution in [0.15, 0.2) is 0 Å². The molecule has 1 heterocycles. The van der Waals surface area contributed by atoms with Crippen LogP contribution < -0.4 is 5.32 Å². The first-order valence-corrected chi connectivity index (χ1v) is 4.83. The number of hydrogen-bond donors (Lipinski definition) is 1. The summed E-state index contributed by atoms with van der Waals surface area (Å²) >= 11 is 0. The van der Waals surface area contributed by atoms with Crippen molar-refractivity contribution in [3.8, 4) is 0 Å². The van der Waals surface area contributed by atoms with Crippen LogP contribution in [0.1, 0.15) is 25.7 Å². The van der Waals surface area contributed by atoms with Crippen LogP contribution in [0, 0.1) is 5.92 Å². The summed E-state index contributed by atoms with van der Waals surface area (Å²) in [4.78, 5) is 11.3. The van der Waals surface area contributed by atoms with Crippen molar-refractivity contribution < 1.29 is 13.9 Å². The summed E-state index contributed by atoms with van der Waals surface area (Å²) in [6.07, 6.45) is 2.12. The van der Waals surface area contributed by atoms with Gasteiger partial charge in [-0.3, -0.25) is 4.79 Å². The predicted octanol–water partition coefficient (Wildman–Crippen LogP) is 0.987. The van der Waals surface area contributed by atoms with E-state index < -0.39 is 12.4 Å². The highest BCUT2D eigenvalue weighted by Crippen LogP contribution is 2.29. The van der Waals surface area contributed by atoms with Gasteiger partial charge in [0.05, 0.1) is 12.6 Å². The molecule has 1 aliphatic carbocycles. The third-order valence-electron chi connectivity index (χ3n) is 2.53. The highest BCUT2D eigenvalue weighted by atomic mass is 19.1. The van der Waals surface area contributed by atoms with E-state index in [-0.39, 0.29) is 11.8 Å². The molecular formula is C9H14FNO2. The molecule has 0 spiro atoms. The normalized spacial score (nSPS) is 34.2. The van der Waals surface area contributed by atoms with Crippen LogP contribution in [0.2, 0.25) is 0 Å². The van der Waals surface area contributed by atoms with Gasteiger partial charge in [-0.2, -0.15) is 0 Å². The van der Waals surface area contributed by atoms with Crippen molar-refractivity contribution in [2.24, 2.45) is 5.92 Å². The minimum Gasteiger partial charge on any atom is -0.348 e. The van der Waals surface area contributed by atoms with E-state index in [0.29, 0.717) is 13.0 Å². The average molecular weight is 187 g/mol. The van der Waals surface area contributed by atoms with Gasteiger partial charge in [0.25, 0.3) is 0 Å². The number of rotatable bonds is 2. The van der Waals surface area contributed by atoms with Crippen LogP contribution in [0.25, 0.3) is 0 Å². The zero-order valence-corrected chi connectivity index (χ0v) is 7.46. The lowest BCUT2D eigenvalue weighted by atomic mass is 10.1. The zero-order chi connectivity index (χ0) is 9.26. The lowest BCUT2D eigenvalue weighted by molar-refractivity contribution is -0.130. The number of carbonyl (C=O) groups excluding carboxylic acids is 1.